The highest BCUT2D eigenvalue weighted by molar-refractivity contribution is 4.85. The molecule has 0 aliphatic carbocycles. The molecule has 4 atom stereocenters. The Labute approximate surface area is 107 Å². The smallest absolute Gasteiger partial charge is 0.0598 e. The molecule has 0 aromatic heterocycles. The number of hydrogen-bond donors (Lipinski definition) is 1. The number of rotatable bonds is 6. The van der Waals surface area contributed by atoms with Crippen LogP contribution in [0.1, 0.15) is 40.5 Å². The Kier molecular flexibility index (Phi) is 6.45. The molecule has 0 aromatic rings. The molecule has 0 saturated carbocycles. The van der Waals surface area contributed by atoms with Crippen LogP contribution in [0.5, 0.6) is 0 Å². The van der Waals surface area contributed by atoms with Crippen molar-refractivity contribution >= 4 is 0 Å². The van der Waals surface area contributed by atoms with Gasteiger partial charge in [0.05, 0.1) is 6.10 Å². The summed E-state index contributed by atoms with van der Waals surface area (Å²) in [5, 5.41) is 3.45. The van der Waals surface area contributed by atoms with E-state index in [1.165, 1.54) is 19.4 Å². The predicted molar refractivity (Wildman–Crippen MR) is 73.4 cm³/mol. The molecule has 1 N–H and O–H groups in total. The van der Waals surface area contributed by atoms with Gasteiger partial charge in [0.15, 0.2) is 0 Å². The SMILES string of the molecule is CCNCC(C)C(C)N1CCC(OC)CC1C. The average Bonchev–Trinajstić information content (AvgIpc) is 2.34. The third-order valence-corrected chi connectivity index (χ3v) is 4.28. The molecule has 1 heterocycles. The van der Waals surface area contributed by atoms with Crippen LogP contribution in [0.2, 0.25) is 0 Å². The summed E-state index contributed by atoms with van der Waals surface area (Å²) in [6, 6.07) is 1.30. The van der Waals surface area contributed by atoms with Gasteiger partial charge in [-0.1, -0.05) is 13.8 Å². The Morgan fingerprint density at radius 1 is 1.41 bits per heavy atom. The second kappa shape index (κ2) is 7.34. The fourth-order valence-electron chi connectivity index (χ4n) is 2.84. The van der Waals surface area contributed by atoms with Gasteiger partial charge in [0.25, 0.3) is 0 Å². The summed E-state index contributed by atoms with van der Waals surface area (Å²) in [6.45, 7) is 12.6. The summed E-state index contributed by atoms with van der Waals surface area (Å²) in [5.41, 5.74) is 0. The Morgan fingerprint density at radius 3 is 2.65 bits per heavy atom. The van der Waals surface area contributed by atoms with Crippen LogP contribution in [0.15, 0.2) is 0 Å². The van der Waals surface area contributed by atoms with Crippen LogP contribution >= 0.6 is 0 Å². The molecule has 1 saturated heterocycles. The quantitative estimate of drug-likeness (QED) is 0.772. The lowest BCUT2D eigenvalue weighted by molar-refractivity contribution is -0.00742. The lowest BCUT2D eigenvalue weighted by atomic mass is 9.94. The molecule has 0 radical (unpaired) electrons. The molecule has 1 fully saturated rings. The van der Waals surface area contributed by atoms with Gasteiger partial charge in [-0.2, -0.15) is 0 Å². The largest absolute Gasteiger partial charge is 0.381 e. The van der Waals surface area contributed by atoms with Crippen molar-refractivity contribution in [2.24, 2.45) is 5.92 Å². The van der Waals surface area contributed by atoms with Crippen molar-refractivity contribution in [3.63, 3.8) is 0 Å². The first-order valence-corrected chi connectivity index (χ1v) is 7.09. The van der Waals surface area contributed by atoms with Gasteiger partial charge in [-0.3, -0.25) is 4.90 Å². The third kappa shape index (κ3) is 4.23. The minimum atomic E-state index is 0.470. The van der Waals surface area contributed by atoms with E-state index < -0.39 is 0 Å². The van der Waals surface area contributed by atoms with E-state index in [2.05, 4.69) is 37.9 Å². The third-order valence-electron chi connectivity index (χ3n) is 4.28. The Morgan fingerprint density at radius 2 is 2.12 bits per heavy atom. The van der Waals surface area contributed by atoms with E-state index in [4.69, 9.17) is 4.74 Å². The fourth-order valence-corrected chi connectivity index (χ4v) is 2.84. The number of ether oxygens (including phenoxy) is 1. The monoisotopic (exact) mass is 242 g/mol. The molecule has 17 heavy (non-hydrogen) atoms. The zero-order valence-corrected chi connectivity index (χ0v) is 12.2. The first-order valence-electron chi connectivity index (χ1n) is 7.09. The normalized spacial score (nSPS) is 30.2. The molecular weight excluding hydrogens is 212 g/mol. The highest BCUT2D eigenvalue weighted by Gasteiger charge is 2.30. The summed E-state index contributed by atoms with van der Waals surface area (Å²) < 4.78 is 5.48. The van der Waals surface area contributed by atoms with Gasteiger partial charge in [-0.25, -0.2) is 0 Å². The number of nitrogens with one attached hydrogen (secondary N) is 1. The maximum absolute atomic E-state index is 5.48. The molecular formula is C14H30N2O. The van der Waals surface area contributed by atoms with Crippen molar-refractivity contribution in [1.29, 1.82) is 0 Å². The molecule has 1 rings (SSSR count). The molecule has 3 heteroatoms. The molecule has 3 nitrogen and oxygen atoms in total. The molecule has 1 aliphatic rings. The van der Waals surface area contributed by atoms with E-state index in [9.17, 15) is 0 Å². The van der Waals surface area contributed by atoms with Crippen LogP contribution < -0.4 is 5.32 Å². The van der Waals surface area contributed by atoms with Crippen molar-refractivity contribution in [2.75, 3.05) is 26.7 Å². The molecule has 4 unspecified atom stereocenters. The van der Waals surface area contributed by atoms with Crippen LogP contribution in [0.4, 0.5) is 0 Å². The number of methoxy groups -OCH3 is 1. The highest BCUT2D eigenvalue weighted by atomic mass is 16.5. The van der Waals surface area contributed by atoms with Crippen molar-refractivity contribution in [1.82, 2.24) is 10.2 Å². The summed E-state index contributed by atoms with van der Waals surface area (Å²) in [5.74, 6) is 0.705. The van der Waals surface area contributed by atoms with Crippen LogP contribution in [0.25, 0.3) is 0 Å². The van der Waals surface area contributed by atoms with Crippen LogP contribution in [-0.2, 0) is 4.74 Å². The van der Waals surface area contributed by atoms with Crippen molar-refractivity contribution < 1.29 is 4.74 Å². The average molecular weight is 242 g/mol. The van der Waals surface area contributed by atoms with Gasteiger partial charge in [0.1, 0.15) is 0 Å². The maximum atomic E-state index is 5.48. The highest BCUT2D eigenvalue weighted by Crippen LogP contribution is 2.24. The number of piperidine rings is 1. The van der Waals surface area contributed by atoms with Crippen LogP contribution in [0, 0.1) is 5.92 Å². The number of hydrogen-bond acceptors (Lipinski definition) is 3. The second-order valence-corrected chi connectivity index (χ2v) is 5.49. The van der Waals surface area contributed by atoms with Gasteiger partial charge in [0.2, 0.25) is 0 Å². The predicted octanol–water partition coefficient (Wildman–Crippen LogP) is 2.12. The van der Waals surface area contributed by atoms with Crippen molar-refractivity contribution in [3.05, 3.63) is 0 Å². The van der Waals surface area contributed by atoms with E-state index in [-0.39, 0.29) is 0 Å². The van der Waals surface area contributed by atoms with E-state index >= 15 is 0 Å². The van der Waals surface area contributed by atoms with Gasteiger partial charge in [0, 0.05) is 25.7 Å². The molecule has 102 valence electrons. The van der Waals surface area contributed by atoms with Gasteiger partial charge < -0.3 is 10.1 Å². The standard InChI is InChI=1S/C14H30N2O/c1-6-15-10-11(2)13(4)16-8-7-14(17-5)9-12(16)3/h11-15H,6-10H2,1-5H3. The lowest BCUT2D eigenvalue weighted by Crippen LogP contribution is -2.51. The molecule has 0 aromatic carbocycles. The lowest BCUT2D eigenvalue weighted by Gasteiger charge is -2.43. The molecule has 1 aliphatic heterocycles. The zero-order valence-electron chi connectivity index (χ0n) is 12.2. The van der Waals surface area contributed by atoms with E-state index in [0.717, 1.165) is 13.1 Å². The Balaban J connectivity index is 2.43. The zero-order chi connectivity index (χ0) is 12.8. The number of likely N-dealkylation sites (tertiary alicyclic amines) is 1. The molecule has 0 amide bonds. The minimum absolute atomic E-state index is 0.470. The van der Waals surface area contributed by atoms with Crippen molar-refractivity contribution in [2.45, 2.75) is 58.7 Å². The van der Waals surface area contributed by atoms with Crippen molar-refractivity contribution in [3.8, 4) is 0 Å². The second-order valence-electron chi connectivity index (χ2n) is 5.49. The van der Waals surface area contributed by atoms with Gasteiger partial charge in [-0.05, 0) is 45.7 Å². The van der Waals surface area contributed by atoms with Crippen LogP contribution in [-0.4, -0.2) is 49.8 Å². The van der Waals surface area contributed by atoms with E-state index in [1.807, 2.05) is 7.11 Å². The molecule has 0 bridgehead atoms. The fraction of sp³-hybridized carbons (Fsp3) is 1.00. The Bertz CT molecular complexity index is 210. The van der Waals surface area contributed by atoms with Crippen LogP contribution in [0.3, 0.4) is 0 Å². The first-order chi connectivity index (χ1) is 8.10. The number of nitrogens with zero attached hydrogens (tertiary/aromatic N) is 1. The summed E-state index contributed by atoms with van der Waals surface area (Å²) in [6.07, 6.45) is 2.82. The van der Waals surface area contributed by atoms with E-state index in [1.54, 1.807) is 0 Å². The summed E-state index contributed by atoms with van der Waals surface area (Å²) in [4.78, 5) is 2.65. The van der Waals surface area contributed by atoms with Gasteiger partial charge >= 0.3 is 0 Å². The van der Waals surface area contributed by atoms with E-state index in [0.29, 0.717) is 24.1 Å². The first kappa shape index (κ1) is 14.9. The summed E-state index contributed by atoms with van der Waals surface area (Å²) >= 11 is 0. The minimum Gasteiger partial charge on any atom is -0.381 e. The Hall–Kier alpha value is -0.120. The topological polar surface area (TPSA) is 24.5 Å². The summed E-state index contributed by atoms with van der Waals surface area (Å²) in [7, 11) is 1.84. The molecule has 0 spiro atoms. The van der Waals surface area contributed by atoms with Gasteiger partial charge in [-0.15, -0.1) is 0 Å². The maximum Gasteiger partial charge on any atom is 0.0598 e.